The molecule has 0 aliphatic rings. The first kappa shape index (κ1) is 20.8. The van der Waals surface area contributed by atoms with Crippen molar-refractivity contribution in [3.8, 4) is 17.3 Å². The molecule has 0 bridgehead atoms. The summed E-state index contributed by atoms with van der Waals surface area (Å²) in [5.41, 5.74) is 3.47. The molecule has 1 heterocycles. The Morgan fingerprint density at radius 1 is 1.26 bits per heavy atom. The van der Waals surface area contributed by atoms with Gasteiger partial charge < -0.3 is 5.32 Å². The third kappa shape index (κ3) is 5.73. The van der Waals surface area contributed by atoms with Crippen molar-refractivity contribution in [1.82, 2.24) is 10.3 Å². The average molecular weight is 384 g/mol. The molecule has 2 aromatic rings. The number of nitriles is 1. The summed E-state index contributed by atoms with van der Waals surface area (Å²) in [7, 11) is 0. The highest BCUT2D eigenvalue weighted by molar-refractivity contribution is 7.09. The van der Waals surface area contributed by atoms with Crippen LogP contribution in [0.25, 0.3) is 11.3 Å². The second-order valence-corrected chi connectivity index (χ2v) is 8.46. The molecule has 1 N–H and O–H groups in total. The number of thiazole rings is 1. The van der Waals surface area contributed by atoms with Crippen molar-refractivity contribution >= 4 is 23.0 Å². The molecule has 1 amide bonds. The molecule has 6 heteroatoms. The first-order valence-electron chi connectivity index (χ1n) is 8.95. The van der Waals surface area contributed by atoms with Crippen molar-refractivity contribution in [2.24, 2.45) is 5.92 Å². The number of nitrogens with zero attached hydrogens (tertiary/aromatic N) is 2. The summed E-state index contributed by atoms with van der Waals surface area (Å²) in [6, 6.07) is 10.2. The number of hydrogen-bond donors (Lipinski definition) is 1. The van der Waals surface area contributed by atoms with E-state index >= 15 is 0 Å². The number of Topliss-reactive ketones (excluding diaryl/α,β-unsaturated/α-hetero) is 1. The zero-order valence-corrected chi connectivity index (χ0v) is 17.0. The smallest absolute Gasteiger partial charge is 0.244 e. The molecule has 2 rings (SSSR count). The second-order valence-electron chi connectivity index (χ2n) is 7.52. The van der Waals surface area contributed by atoms with Gasteiger partial charge in [-0.3, -0.25) is 9.59 Å². The van der Waals surface area contributed by atoms with E-state index < -0.39 is 17.6 Å². The minimum atomic E-state index is -1.22. The summed E-state index contributed by atoms with van der Waals surface area (Å²) in [6.07, 6.45) is 1.44. The van der Waals surface area contributed by atoms with E-state index in [0.717, 1.165) is 22.7 Å². The van der Waals surface area contributed by atoms with Gasteiger partial charge in [-0.1, -0.05) is 45.0 Å². The average Bonchev–Trinajstić information content (AvgIpc) is 3.07. The van der Waals surface area contributed by atoms with Gasteiger partial charge in [0.05, 0.1) is 16.8 Å². The highest BCUT2D eigenvalue weighted by Gasteiger charge is 2.22. The predicted molar refractivity (Wildman–Crippen MR) is 107 cm³/mol. The van der Waals surface area contributed by atoms with E-state index in [1.165, 1.54) is 12.5 Å². The molecular weight excluding hydrogens is 358 g/mol. The molecule has 0 aliphatic heterocycles. The minimum absolute atomic E-state index is 0.128. The maximum Gasteiger partial charge on any atom is 0.244 e. The van der Waals surface area contributed by atoms with Crippen molar-refractivity contribution in [1.29, 1.82) is 5.26 Å². The number of hydrogen-bond acceptors (Lipinski definition) is 5. The maximum absolute atomic E-state index is 11.7. The van der Waals surface area contributed by atoms with Crippen LogP contribution < -0.4 is 5.32 Å². The molecule has 1 unspecified atom stereocenters. The van der Waals surface area contributed by atoms with E-state index in [2.05, 4.69) is 55.3 Å². The first-order chi connectivity index (χ1) is 12.7. The fraction of sp³-hybridized carbons (Fsp3) is 0.429. The third-order valence-corrected chi connectivity index (χ3v) is 5.17. The molecule has 0 radical (unpaired) electrons. The van der Waals surface area contributed by atoms with Crippen LogP contribution in [0, 0.1) is 17.2 Å². The lowest BCUT2D eigenvalue weighted by molar-refractivity contribution is -0.130. The van der Waals surface area contributed by atoms with Crippen LogP contribution in [-0.4, -0.2) is 23.2 Å². The second kappa shape index (κ2) is 8.92. The van der Waals surface area contributed by atoms with E-state index in [4.69, 9.17) is 5.26 Å². The molecule has 142 valence electrons. The maximum atomic E-state index is 11.7. The molecule has 0 fully saturated rings. The minimum Gasteiger partial charge on any atom is -0.355 e. The Morgan fingerprint density at radius 2 is 1.93 bits per heavy atom. The summed E-state index contributed by atoms with van der Waals surface area (Å²) in [6.45, 7) is 8.24. The Morgan fingerprint density at radius 3 is 2.48 bits per heavy atom. The predicted octanol–water partition coefficient (Wildman–Crippen LogP) is 3.89. The molecule has 0 aliphatic carbocycles. The van der Waals surface area contributed by atoms with Crippen molar-refractivity contribution in [3.63, 3.8) is 0 Å². The van der Waals surface area contributed by atoms with Gasteiger partial charge in [0, 0.05) is 23.9 Å². The number of amides is 1. The summed E-state index contributed by atoms with van der Waals surface area (Å²) in [5, 5.41) is 14.5. The highest BCUT2D eigenvalue weighted by Crippen LogP contribution is 2.27. The van der Waals surface area contributed by atoms with Gasteiger partial charge in [0.15, 0.2) is 11.7 Å². The molecule has 1 atom stereocenters. The standard InChI is InChI=1S/C21H25N3O2S/c1-14(25)17(12-22)20(26)23-11-5-6-19-24-18(13-27-19)15-7-9-16(10-8-15)21(2,3)4/h7-10,13,17H,5-6,11H2,1-4H3,(H,23,26). The summed E-state index contributed by atoms with van der Waals surface area (Å²) < 4.78 is 0. The van der Waals surface area contributed by atoms with E-state index in [1.54, 1.807) is 17.4 Å². The Hall–Kier alpha value is -2.52. The Kier molecular flexibility index (Phi) is 6.86. The third-order valence-electron chi connectivity index (χ3n) is 4.26. The van der Waals surface area contributed by atoms with Gasteiger partial charge in [0.2, 0.25) is 5.91 Å². The lowest BCUT2D eigenvalue weighted by Gasteiger charge is -2.18. The number of aryl methyl sites for hydroxylation is 1. The van der Waals surface area contributed by atoms with Gasteiger partial charge >= 0.3 is 0 Å². The van der Waals surface area contributed by atoms with Crippen LogP contribution in [0.1, 0.15) is 44.7 Å². The summed E-state index contributed by atoms with van der Waals surface area (Å²) >= 11 is 1.60. The number of rotatable bonds is 7. The van der Waals surface area contributed by atoms with Crippen LogP contribution in [0.4, 0.5) is 0 Å². The van der Waals surface area contributed by atoms with E-state index in [-0.39, 0.29) is 5.41 Å². The topological polar surface area (TPSA) is 82.8 Å². The Bertz CT molecular complexity index is 842. The summed E-state index contributed by atoms with van der Waals surface area (Å²) in [5.74, 6) is -2.17. The van der Waals surface area contributed by atoms with Gasteiger partial charge in [0.1, 0.15) is 0 Å². The lowest BCUT2D eigenvalue weighted by Crippen LogP contribution is -2.34. The molecule has 0 saturated heterocycles. The molecule has 5 nitrogen and oxygen atoms in total. The molecular formula is C21H25N3O2S. The van der Waals surface area contributed by atoms with E-state index in [0.29, 0.717) is 13.0 Å². The van der Waals surface area contributed by atoms with Crippen molar-refractivity contribution in [2.75, 3.05) is 6.54 Å². The Balaban J connectivity index is 1.87. The number of aromatic nitrogens is 1. The van der Waals surface area contributed by atoms with Crippen LogP contribution >= 0.6 is 11.3 Å². The quantitative estimate of drug-likeness (QED) is 0.581. The molecule has 1 aromatic heterocycles. The molecule has 27 heavy (non-hydrogen) atoms. The van der Waals surface area contributed by atoms with Crippen LogP contribution in [0.5, 0.6) is 0 Å². The van der Waals surface area contributed by atoms with Gasteiger partial charge in [-0.25, -0.2) is 4.98 Å². The fourth-order valence-corrected chi connectivity index (χ4v) is 3.44. The van der Waals surface area contributed by atoms with E-state index in [9.17, 15) is 9.59 Å². The fourth-order valence-electron chi connectivity index (χ4n) is 2.59. The van der Waals surface area contributed by atoms with Crippen LogP contribution in [-0.2, 0) is 21.4 Å². The number of nitrogens with one attached hydrogen (secondary N) is 1. The SMILES string of the molecule is CC(=O)C(C#N)C(=O)NCCCc1nc(-c2ccc(C(C)(C)C)cc2)cs1. The zero-order valence-electron chi connectivity index (χ0n) is 16.2. The lowest BCUT2D eigenvalue weighted by atomic mass is 9.86. The number of carbonyl (C=O) groups excluding carboxylic acids is 2. The number of ketones is 1. The Labute approximate surface area is 164 Å². The van der Waals surface area contributed by atoms with Gasteiger partial charge in [-0.15, -0.1) is 11.3 Å². The monoisotopic (exact) mass is 383 g/mol. The van der Waals surface area contributed by atoms with Gasteiger partial charge in [0.25, 0.3) is 0 Å². The number of benzene rings is 1. The number of carbonyl (C=O) groups is 2. The van der Waals surface area contributed by atoms with E-state index in [1.807, 2.05) is 5.38 Å². The van der Waals surface area contributed by atoms with Crippen molar-refractivity contribution in [3.05, 3.63) is 40.2 Å². The zero-order chi connectivity index (χ0) is 20.0. The van der Waals surface area contributed by atoms with Crippen molar-refractivity contribution in [2.45, 2.75) is 46.0 Å². The van der Waals surface area contributed by atoms with Gasteiger partial charge in [-0.2, -0.15) is 5.26 Å². The van der Waals surface area contributed by atoms with Crippen LogP contribution in [0.3, 0.4) is 0 Å². The molecule has 1 aromatic carbocycles. The van der Waals surface area contributed by atoms with Crippen LogP contribution in [0.2, 0.25) is 0 Å². The normalized spacial score (nSPS) is 12.3. The highest BCUT2D eigenvalue weighted by atomic mass is 32.1. The first-order valence-corrected chi connectivity index (χ1v) is 9.83. The largest absolute Gasteiger partial charge is 0.355 e. The van der Waals surface area contributed by atoms with Gasteiger partial charge in [-0.05, 0) is 24.3 Å². The van der Waals surface area contributed by atoms with Crippen LogP contribution in [0.15, 0.2) is 29.6 Å². The van der Waals surface area contributed by atoms with Crippen molar-refractivity contribution < 1.29 is 9.59 Å². The molecule has 0 saturated carbocycles. The molecule has 0 spiro atoms. The summed E-state index contributed by atoms with van der Waals surface area (Å²) in [4.78, 5) is 27.6.